The Bertz CT molecular complexity index is 220. The van der Waals surface area contributed by atoms with Crippen molar-refractivity contribution < 1.29 is 9.84 Å². The fourth-order valence-electron chi connectivity index (χ4n) is 3.42. The van der Waals surface area contributed by atoms with Crippen LogP contribution in [0.5, 0.6) is 0 Å². The van der Waals surface area contributed by atoms with Crippen LogP contribution in [0.4, 0.5) is 0 Å². The van der Waals surface area contributed by atoms with Crippen LogP contribution >= 0.6 is 0 Å². The third-order valence-corrected chi connectivity index (χ3v) is 4.37. The number of ether oxygens (including phenoxy) is 1. The molecule has 1 saturated heterocycles. The van der Waals surface area contributed by atoms with Gasteiger partial charge in [0.05, 0.1) is 12.7 Å². The molecule has 0 spiro atoms. The van der Waals surface area contributed by atoms with Crippen molar-refractivity contribution in [3.8, 4) is 0 Å². The lowest BCUT2D eigenvalue weighted by Gasteiger charge is -2.37. The van der Waals surface area contributed by atoms with Crippen molar-refractivity contribution in [1.29, 1.82) is 0 Å². The molecule has 3 unspecified atom stereocenters. The Morgan fingerprint density at radius 2 is 2.00 bits per heavy atom. The Hall–Kier alpha value is -0.120. The molecule has 1 aliphatic carbocycles. The van der Waals surface area contributed by atoms with Crippen LogP contribution in [0.25, 0.3) is 0 Å². The van der Waals surface area contributed by atoms with Gasteiger partial charge in [-0.1, -0.05) is 12.8 Å². The number of hydrogen-bond acceptors (Lipinski definition) is 3. The summed E-state index contributed by atoms with van der Waals surface area (Å²) in [7, 11) is 1.80. The van der Waals surface area contributed by atoms with Gasteiger partial charge in [-0.25, -0.2) is 0 Å². The first-order valence-electron chi connectivity index (χ1n) is 7.19. The number of nitrogens with zero attached hydrogens (tertiary/aromatic N) is 1. The van der Waals surface area contributed by atoms with E-state index in [4.69, 9.17) is 4.74 Å². The molecule has 1 saturated carbocycles. The Kier molecular flexibility index (Phi) is 5.26. The van der Waals surface area contributed by atoms with E-state index in [-0.39, 0.29) is 6.10 Å². The van der Waals surface area contributed by atoms with Gasteiger partial charge in [-0.2, -0.15) is 0 Å². The van der Waals surface area contributed by atoms with Gasteiger partial charge in [-0.05, 0) is 44.1 Å². The summed E-state index contributed by atoms with van der Waals surface area (Å²) >= 11 is 0. The molecule has 2 rings (SSSR count). The third kappa shape index (κ3) is 3.94. The van der Waals surface area contributed by atoms with Crippen molar-refractivity contribution in [3.05, 3.63) is 0 Å². The van der Waals surface area contributed by atoms with E-state index in [0.717, 1.165) is 26.1 Å². The second kappa shape index (κ2) is 6.72. The zero-order valence-electron chi connectivity index (χ0n) is 11.1. The largest absolute Gasteiger partial charge is 0.393 e. The van der Waals surface area contributed by atoms with Gasteiger partial charge in [0, 0.05) is 20.2 Å². The molecule has 1 aliphatic heterocycles. The van der Waals surface area contributed by atoms with Crippen LogP contribution in [0.3, 0.4) is 0 Å². The highest BCUT2D eigenvalue weighted by atomic mass is 16.5. The van der Waals surface area contributed by atoms with E-state index in [1.54, 1.807) is 7.11 Å². The molecular weight excluding hydrogens is 214 g/mol. The lowest BCUT2D eigenvalue weighted by atomic mass is 9.85. The predicted molar refractivity (Wildman–Crippen MR) is 69.0 cm³/mol. The minimum atomic E-state index is -0.0495. The molecule has 0 aromatic rings. The van der Waals surface area contributed by atoms with E-state index >= 15 is 0 Å². The zero-order valence-corrected chi connectivity index (χ0v) is 11.1. The van der Waals surface area contributed by atoms with Crippen LogP contribution in [0.1, 0.15) is 38.5 Å². The van der Waals surface area contributed by atoms with E-state index in [1.165, 1.54) is 38.6 Å². The molecule has 3 heteroatoms. The van der Waals surface area contributed by atoms with E-state index < -0.39 is 0 Å². The van der Waals surface area contributed by atoms with Crippen molar-refractivity contribution in [3.63, 3.8) is 0 Å². The van der Waals surface area contributed by atoms with Gasteiger partial charge in [-0.3, -0.25) is 0 Å². The van der Waals surface area contributed by atoms with Gasteiger partial charge in [0.25, 0.3) is 0 Å². The highest BCUT2D eigenvalue weighted by molar-refractivity contribution is 4.80. The summed E-state index contributed by atoms with van der Waals surface area (Å²) in [4.78, 5) is 2.55. The molecule has 0 radical (unpaired) electrons. The normalized spacial score (nSPS) is 36.0. The summed E-state index contributed by atoms with van der Waals surface area (Å²) in [5.41, 5.74) is 0. The quantitative estimate of drug-likeness (QED) is 0.816. The Morgan fingerprint density at radius 3 is 2.76 bits per heavy atom. The Morgan fingerprint density at radius 1 is 1.18 bits per heavy atom. The predicted octanol–water partition coefficient (Wildman–Crippen LogP) is 1.90. The van der Waals surface area contributed by atoms with Crippen LogP contribution in [-0.4, -0.2) is 49.5 Å². The second-order valence-electron chi connectivity index (χ2n) is 5.84. The molecule has 17 heavy (non-hydrogen) atoms. The van der Waals surface area contributed by atoms with E-state index in [0.29, 0.717) is 11.8 Å². The molecule has 0 aromatic heterocycles. The standard InChI is InChI=1S/C14H27NO2/c1-17-11-12-5-4-8-15(9-12)10-13-6-2-3-7-14(13)16/h12-14,16H,2-11H2,1H3. The molecule has 3 atom stereocenters. The highest BCUT2D eigenvalue weighted by Gasteiger charge is 2.27. The van der Waals surface area contributed by atoms with Crippen LogP contribution < -0.4 is 0 Å². The van der Waals surface area contributed by atoms with Crippen molar-refractivity contribution in [2.75, 3.05) is 33.4 Å². The monoisotopic (exact) mass is 241 g/mol. The van der Waals surface area contributed by atoms with Crippen molar-refractivity contribution in [1.82, 2.24) is 4.90 Å². The fraction of sp³-hybridized carbons (Fsp3) is 1.00. The number of aliphatic hydroxyl groups is 1. The van der Waals surface area contributed by atoms with Gasteiger partial charge < -0.3 is 14.7 Å². The lowest BCUT2D eigenvalue weighted by Crippen LogP contribution is -2.43. The van der Waals surface area contributed by atoms with Gasteiger partial charge in [0.1, 0.15) is 0 Å². The number of likely N-dealkylation sites (tertiary alicyclic amines) is 1. The molecule has 1 N–H and O–H groups in total. The summed E-state index contributed by atoms with van der Waals surface area (Å²) in [6.45, 7) is 4.37. The average molecular weight is 241 g/mol. The number of piperidine rings is 1. The molecular formula is C14H27NO2. The molecule has 2 fully saturated rings. The topological polar surface area (TPSA) is 32.7 Å². The summed E-state index contributed by atoms with van der Waals surface area (Å²) < 4.78 is 5.26. The van der Waals surface area contributed by atoms with Gasteiger partial charge in [0.2, 0.25) is 0 Å². The molecule has 0 aromatic carbocycles. The first kappa shape index (κ1) is 13.3. The second-order valence-corrected chi connectivity index (χ2v) is 5.84. The first-order valence-corrected chi connectivity index (χ1v) is 7.19. The maximum atomic E-state index is 10.0. The van der Waals surface area contributed by atoms with Crippen molar-refractivity contribution >= 4 is 0 Å². The number of hydrogen-bond donors (Lipinski definition) is 1. The lowest BCUT2D eigenvalue weighted by molar-refractivity contribution is 0.0271. The summed E-state index contributed by atoms with van der Waals surface area (Å²) in [5.74, 6) is 1.22. The number of methoxy groups -OCH3 is 1. The van der Waals surface area contributed by atoms with Crippen LogP contribution in [0, 0.1) is 11.8 Å². The van der Waals surface area contributed by atoms with Gasteiger partial charge >= 0.3 is 0 Å². The molecule has 2 aliphatic rings. The average Bonchev–Trinajstić information content (AvgIpc) is 2.33. The minimum absolute atomic E-state index is 0.0495. The Balaban J connectivity index is 1.77. The minimum Gasteiger partial charge on any atom is -0.393 e. The summed E-state index contributed by atoms with van der Waals surface area (Å²) in [6, 6.07) is 0. The zero-order chi connectivity index (χ0) is 12.1. The molecule has 0 amide bonds. The first-order chi connectivity index (χ1) is 8.29. The van der Waals surface area contributed by atoms with Crippen LogP contribution in [0.2, 0.25) is 0 Å². The van der Waals surface area contributed by atoms with E-state index in [1.807, 2.05) is 0 Å². The fourth-order valence-corrected chi connectivity index (χ4v) is 3.42. The summed E-state index contributed by atoms with van der Waals surface area (Å²) in [5, 5.41) is 10.0. The maximum Gasteiger partial charge on any atom is 0.0580 e. The van der Waals surface area contributed by atoms with E-state index in [2.05, 4.69) is 4.90 Å². The van der Waals surface area contributed by atoms with Crippen LogP contribution in [-0.2, 0) is 4.74 Å². The van der Waals surface area contributed by atoms with Crippen molar-refractivity contribution in [2.24, 2.45) is 11.8 Å². The highest BCUT2D eigenvalue weighted by Crippen LogP contribution is 2.27. The smallest absolute Gasteiger partial charge is 0.0580 e. The molecule has 3 nitrogen and oxygen atoms in total. The Labute approximate surface area is 105 Å². The van der Waals surface area contributed by atoms with Crippen LogP contribution in [0.15, 0.2) is 0 Å². The van der Waals surface area contributed by atoms with E-state index in [9.17, 15) is 5.11 Å². The molecule has 1 heterocycles. The van der Waals surface area contributed by atoms with Crippen molar-refractivity contribution in [2.45, 2.75) is 44.6 Å². The van der Waals surface area contributed by atoms with Gasteiger partial charge in [0.15, 0.2) is 0 Å². The molecule has 100 valence electrons. The maximum absolute atomic E-state index is 10.0. The van der Waals surface area contributed by atoms with Gasteiger partial charge in [-0.15, -0.1) is 0 Å². The molecule has 0 bridgehead atoms. The number of rotatable bonds is 4. The SMILES string of the molecule is COCC1CCCN(CC2CCCCC2O)C1. The summed E-state index contributed by atoms with van der Waals surface area (Å²) in [6.07, 6.45) is 7.29. The third-order valence-electron chi connectivity index (χ3n) is 4.37. The number of aliphatic hydroxyl groups excluding tert-OH is 1.